The van der Waals surface area contributed by atoms with Crippen molar-refractivity contribution in [1.82, 2.24) is 10.5 Å². The maximum absolute atomic E-state index is 5.51. The zero-order valence-electron chi connectivity index (χ0n) is 9.68. The Morgan fingerprint density at radius 2 is 2.11 bits per heavy atom. The predicted octanol–water partition coefficient (Wildman–Crippen LogP) is 4.01. The molecule has 3 nitrogen and oxygen atoms in total. The highest BCUT2D eigenvalue weighted by atomic mass is 79.9. The van der Waals surface area contributed by atoms with E-state index in [1.807, 2.05) is 31.3 Å². The summed E-state index contributed by atoms with van der Waals surface area (Å²) in [5.41, 5.74) is 5.12. The minimum absolute atomic E-state index is 0.0469. The molecule has 18 heavy (non-hydrogen) atoms. The van der Waals surface area contributed by atoms with Gasteiger partial charge >= 0.3 is 0 Å². The van der Waals surface area contributed by atoms with Gasteiger partial charge in [0.05, 0.1) is 4.88 Å². The standard InChI is InChI=1S/C13H11BrN2OS/c1-8-11(17-16-12(8)14)10-7-15-13(18-10)9-5-3-2-4-6-9/h2-7,11,16H,1H3/t11-/m1/s1. The summed E-state index contributed by atoms with van der Waals surface area (Å²) in [5, 5.41) is 1.02. The Hall–Kier alpha value is -1.17. The molecule has 92 valence electrons. The number of benzene rings is 1. The van der Waals surface area contributed by atoms with Crippen molar-refractivity contribution in [2.45, 2.75) is 13.0 Å². The van der Waals surface area contributed by atoms with E-state index >= 15 is 0 Å². The van der Waals surface area contributed by atoms with Crippen molar-refractivity contribution >= 4 is 27.3 Å². The fourth-order valence-electron chi connectivity index (χ4n) is 1.79. The van der Waals surface area contributed by atoms with Crippen LogP contribution in [0.25, 0.3) is 10.6 Å². The topological polar surface area (TPSA) is 34.1 Å². The lowest BCUT2D eigenvalue weighted by molar-refractivity contribution is 0.0435. The summed E-state index contributed by atoms with van der Waals surface area (Å²) in [6.07, 6.45) is 1.84. The lowest BCUT2D eigenvalue weighted by atomic mass is 10.2. The number of halogens is 1. The van der Waals surface area contributed by atoms with Crippen molar-refractivity contribution in [1.29, 1.82) is 0 Å². The van der Waals surface area contributed by atoms with E-state index < -0.39 is 0 Å². The smallest absolute Gasteiger partial charge is 0.145 e. The molecule has 2 heterocycles. The first-order valence-corrected chi connectivity index (χ1v) is 7.16. The SMILES string of the molecule is CC1=C(Br)NO[C@H]1c1cnc(-c2ccccc2)s1. The average Bonchev–Trinajstić information content (AvgIpc) is 3.00. The van der Waals surface area contributed by atoms with Crippen LogP contribution in [0.4, 0.5) is 0 Å². The van der Waals surface area contributed by atoms with E-state index in [4.69, 9.17) is 4.84 Å². The zero-order chi connectivity index (χ0) is 12.5. The molecule has 1 aromatic heterocycles. The number of thiazole rings is 1. The number of nitrogens with zero attached hydrogens (tertiary/aromatic N) is 1. The van der Waals surface area contributed by atoms with E-state index in [1.165, 1.54) is 0 Å². The van der Waals surface area contributed by atoms with Crippen molar-refractivity contribution in [2.24, 2.45) is 0 Å². The van der Waals surface area contributed by atoms with Gasteiger partial charge in [-0.1, -0.05) is 30.3 Å². The van der Waals surface area contributed by atoms with Crippen molar-refractivity contribution in [2.75, 3.05) is 0 Å². The minimum atomic E-state index is -0.0469. The molecule has 5 heteroatoms. The molecule has 1 aliphatic rings. The van der Waals surface area contributed by atoms with Crippen molar-refractivity contribution in [3.05, 3.63) is 51.6 Å². The van der Waals surface area contributed by atoms with Crippen molar-refractivity contribution in [3.8, 4) is 10.6 Å². The van der Waals surface area contributed by atoms with Crippen LogP contribution in [0.3, 0.4) is 0 Å². The molecule has 3 rings (SSSR count). The van der Waals surface area contributed by atoms with Gasteiger partial charge in [0.1, 0.15) is 15.7 Å². The number of aromatic nitrogens is 1. The van der Waals surface area contributed by atoms with Gasteiger partial charge in [0.2, 0.25) is 0 Å². The monoisotopic (exact) mass is 322 g/mol. The summed E-state index contributed by atoms with van der Waals surface area (Å²) in [5.74, 6) is 0. The highest BCUT2D eigenvalue weighted by Crippen LogP contribution is 2.38. The molecule has 0 fully saturated rings. The van der Waals surface area contributed by atoms with Crippen LogP contribution in [-0.4, -0.2) is 4.98 Å². The zero-order valence-corrected chi connectivity index (χ0v) is 12.1. The first-order valence-electron chi connectivity index (χ1n) is 5.55. The van der Waals surface area contributed by atoms with E-state index in [0.29, 0.717) is 0 Å². The van der Waals surface area contributed by atoms with Gasteiger partial charge in [-0.05, 0) is 28.4 Å². The quantitative estimate of drug-likeness (QED) is 0.848. The first-order chi connectivity index (χ1) is 8.75. The highest BCUT2D eigenvalue weighted by molar-refractivity contribution is 9.11. The Balaban J connectivity index is 1.91. The Morgan fingerprint density at radius 1 is 1.33 bits per heavy atom. The Morgan fingerprint density at radius 3 is 2.78 bits per heavy atom. The van der Waals surface area contributed by atoms with Crippen LogP contribution in [0.5, 0.6) is 0 Å². The summed E-state index contributed by atoms with van der Waals surface area (Å²) < 4.78 is 0.905. The molecule has 0 saturated heterocycles. The summed E-state index contributed by atoms with van der Waals surface area (Å²) >= 11 is 5.08. The fourth-order valence-corrected chi connectivity index (χ4v) is 3.11. The third-order valence-corrected chi connectivity index (χ3v) is 4.69. The Bertz CT molecular complexity index is 594. The van der Waals surface area contributed by atoms with E-state index in [1.54, 1.807) is 11.3 Å². The van der Waals surface area contributed by atoms with Gasteiger partial charge in [-0.3, -0.25) is 10.3 Å². The molecule has 1 atom stereocenters. The summed E-state index contributed by atoms with van der Waals surface area (Å²) in [6.45, 7) is 2.04. The highest BCUT2D eigenvalue weighted by Gasteiger charge is 2.25. The molecular weight excluding hydrogens is 312 g/mol. The van der Waals surface area contributed by atoms with Crippen LogP contribution in [0.1, 0.15) is 17.9 Å². The molecule has 1 aromatic carbocycles. The number of hydroxylamine groups is 1. The van der Waals surface area contributed by atoms with Crippen LogP contribution in [0, 0.1) is 0 Å². The number of hydrogen-bond acceptors (Lipinski definition) is 4. The molecule has 0 radical (unpaired) electrons. The van der Waals surface area contributed by atoms with Gasteiger partial charge in [0, 0.05) is 11.8 Å². The fraction of sp³-hybridized carbons (Fsp3) is 0.154. The van der Waals surface area contributed by atoms with Gasteiger partial charge in [0.15, 0.2) is 0 Å². The normalized spacial score (nSPS) is 19.1. The maximum Gasteiger partial charge on any atom is 0.145 e. The second kappa shape index (κ2) is 4.84. The molecule has 0 bridgehead atoms. The second-order valence-electron chi connectivity index (χ2n) is 4.03. The van der Waals surface area contributed by atoms with Crippen LogP contribution in [0.15, 0.2) is 46.7 Å². The van der Waals surface area contributed by atoms with Crippen molar-refractivity contribution in [3.63, 3.8) is 0 Å². The third-order valence-electron chi connectivity index (χ3n) is 2.81. The van der Waals surface area contributed by atoms with E-state index in [-0.39, 0.29) is 6.10 Å². The Kier molecular flexibility index (Phi) is 3.20. The van der Waals surface area contributed by atoms with Gasteiger partial charge in [0.25, 0.3) is 0 Å². The average molecular weight is 323 g/mol. The van der Waals surface area contributed by atoms with Crippen LogP contribution < -0.4 is 5.48 Å². The van der Waals surface area contributed by atoms with E-state index in [0.717, 1.165) is 25.6 Å². The van der Waals surface area contributed by atoms with Gasteiger partial charge < -0.3 is 0 Å². The molecule has 2 aromatic rings. The van der Waals surface area contributed by atoms with Crippen molar-refractivity contribution < 1.29 is 4.84 Å². The molecular formula is C13H11BrN2OS. The number of hydrogen-bond donors (Lipinski definition) is 1. The third kappa shape index (κ3) is 2.09. The van der Waals surface area contributed by atoms with E-state index in [2.05, 4.69) is 38.5 Å². The first kappa shape index (κ1) is 11.9. The number of rotatable bonds is 2. The molecule has 0 amide bonds. The number of nitrogens with one attached hydrogen (secondary N) is 1. The summed E-state index contributed by atoms with van der Waals surface area (Å²) in [7, 11) is 0. The largest absolute Gasteiger partial charge is 0.262 e. The summed E-state index contributed by atoms with van der Waals surface area (Å²) in [4.78, 5) is 11.1. The van der Waals surface area contributed by atoms with Crippen LogP contribution >= 0.6 is 27.3 Å². The predicted molar refractivity (Wildman–Crippen MR) is 76.1 cm³/mol. The molecule has 0 aliphatic carbocycles. The minimum Gasteiger partial charge on any atom is -0.262 e. The van der Waals surface area contributed by atoms with Gasteiger partial charge in [-0.2, -0.15) is 0 Å². The lowest BCUT2D eigenvalue weighted by Gasteiger charge is -2.05. The molecule has 0 spiro atoms. The molecule has 0 unspecified atom stereocenters. The second-order valence-corrected chi connectivity index (χ2v) is 5.89. The van der Waals surface area contributed by atoms with Crippen LogP contribution in [0.2, 0.25) is 0 Å². The van der Waals surface area contributed by atoms with E-state index in [9.17, 15) is 0 Å². The van der Waals surface area contributed by atoms with Crippen LogP contribution in [-0.2, 0) is 4.84 Å². The maximum atomic E-state index is 5.51. The summed E-state index contributed by atoms with van der Waals surface area (Å²) in [6, 6.07) is 10.2. The van der Waals surface area contributed by atoms with Gasteiger partial charge in [-0.25, -0.2) is 4.98 Å². The Labute approximate surface area is 118 Å². The lowest BCUT2D eigenvalue weighted by Crippen LogP contribution is -2.04. The molecule has 1 aliphatic heterocycles. The molecule has 1 N–H and O–H groups in total. The molecule has 0 saturated carbocycles. The van der Waals surface area contributed by atoms with Gasteiger partial charge in [-0.15, -0.1) is 11.3 Å².